The monoisotopic (exact) mass is 406 g/mol. The van der Waals surface area contributed by atoms with Gasteiger partial charge in [-0.1, -0.05) is 0 Å². The minimum atomic E-state index is -2.95. The van der Waals surface area contributed by atoms with Crippen LogP contribution < -0.4 is 10.2 Å². The average molecular weight is 406 g/mol. The first kappa shape index (κ1) is 19.0. The van der Waals surface area contributed by atoms with Gasteiger partial charge in [-0.05, 0) is 23.6 Å². The first-order valence-corrected chi connectivity index (χ1v) is 11.5. The van der Waals surface area contributed by atoms with Crippen LogP contribution in [-0.4, -0.2) is 52.8 Å². The Kier molecular flexibility index (Phi) is 6.02. The lowest BCUT2D eigenvalue weighted by molar-refractivity contribution is -0.0568. The van der Waals surface area contributed by atoms with Crippen LogP contribution in [0, 0.1) is 5.41 Å². The van der Waals surface area contributed by atoms with Crippen molar-refractivity contribution in [2.45, 2.75) is 0 Å². The maximum atomic E-state index is 11.2. The van der Waals surface area contributed by atoms with Gasteiger partial charge < -0.3 is 27.6 Å². The van der Waals surface area contributed by atoms with E-state index >= 15 is 0 Å². The van der Waals surface area contributed by atoms with Crippen LogP contribution in [-0.2, 0) is 51.2 Å². The van der Waals surface area contributed by atoms with Gasteiger partial charge in [0.15, 0.2) is 0 Å². The number of carbonyl (C=O) groups is 2. The van der Waals surface area contributed by atoms with Crippen molar-refractivity contribution in [2.75, 3.05) is 40.6 Å². The normalized spacial score (nSPS) is 37.0. The van der Waals surface area contributed by atoms with Crippen molar-refractivity contribution in [3.8, 4) is 0 Å². The third-order valence-electron chi connectivity index (χ3n) is 2.99. The van der Waals surface area contributed by atoms with Crippen molar-refractivity contribution in [1.29, 1.82) is 0 Å². The Hall–Kier alpha value is -0.320. The predicted octanol–water partition coefficient (Wildman–Crippen LogP) is 1.23. The zero-order valence-corrected chi connectivity index (χ0v) is 15.7. The topological polar surface area (TPSA) is 114 Å². The lowest BCUT2D eigenvalue weighted by Gasteiger charge is -2.44. The van der Waals surface area contributed by atoms with E-state index in [2.05, 4.69) is 19.6 Å². The smallest absolute Gasteiger partial charge is 0.414 e. The summed E-state index contributed by atoms with van der Waals surface area (Å²) < 4.78 is 30.9. The van der Waals surface area contributed by atoms with Gasteiger partial charge in [-0.3, -0.25) is 10.2 Å². The predicted molar refractivity (Wildman–Crippen MR) is 85.9 cm³/mol. The molecule has 2 N–H and O–H groups in total. The van der Waals surface area contributed by atoms with Crippen molar-refractivity contribution in [2.24, 2.45) is 5.41 Å². The molecule has 0 saturated carbocycles. The maximum absolute atomic E-state index is 11.2. The minimum Gasteiger partial charge on any atom is -0.453 e. The third-order valence-corrected chi connectivity index (χ3v) is 7.59. The van der Waals surface area contributed by atoms with Crippen molar-refractivity contribution in [3.63, 3.8) is 0 Å². The Bertz CT molecular complexity index is 510. The Morgan fingerprint density at radius 1 is 0.870 bits per heavy atom. The highest BCUT2D eigenvalue weighted by Crippen LogP contribution is 2.56. The fourth-order valence-corrected chi connectivity index (χ4v) is 5.55. The second kappa shape index (κ2) is 7.28. The molecule has 0 aromatic heterocycles. The number of rotatable bonds is 2. The summed E-state index contributed by atoms with van der Waals surface area (Å²) >= 11 is 10.3. The van der Waals surface area contributed by atoms with Gasteiger partial charge in [-0.15, -0.1) is 0 Å². The summed E-state index contributed by atoms with van der Waals surface area (Å²) in [7, 11) is 2.43. The zero-order valence-electron chi connectivity index (χ0n) is 12.3. The molecule has 0 aromatic carbocycles. The molecular formula is C9H16N2O8P2S2. The van der Waals surface area contributed by atoms with Crippen LogP contribution in [0.4, 0.5) is 9.59 Å². The number of hydrogen-bond acceptors (Lipinski definition) is 10. The molecule has 2 aliphatic heterocycles. The van der Waals surface area contributed by atoms with Crippen LogP contribution in [0.25, 0.3) is 0 Å². The number of carbonyl (C=O) groups excluding carboxylic acids is 2. The lowest BCUT2D eigenvalue weighted by Crippen LogP contribution is -2.48. The molecule has 2 rings (SSSR count). The summed E-state index contributed by atoms with van der Waals surface area (Å²) in [6, 6.07) is 0. The molecule has 10 nitrogen and oxygen atoms in total. The van der Waals surface area contributed by atoms with Gasteiger partial charge >= 0.3 is 12.2 Å². The summed E-state index contributed by atoms with van der Waals surface area (Å²) in [6.45, 7) is -5.28. The zero-order chi connectivity index (χ0) is 17.1. The van der Waals surface area contributed by atoms with E-state index in [-0.39, 0.29) is 26.4 Å². The summed E-state index contributed by atoms with van der Waals surface area (Å²) in [5.74, 6) is 0. The molecule has 2 heterocycles. The quantitative estimate of drug-likeness (QED) is 0.649. The van der Waals surface area contributed by atoms with Gasteiger partial charge in [0.2, 0.25) is 0 Å². The second-order valence-corrected chi connectivity index (χ2v) is 11.1. The van der Waals surface area contributed by atoms with E-state index in [1.54, 1.807) is 0 Å². The first-order chi connectivity index (χ1) is 10.7. The van der Waals surface area contributed by atoms with Crippen LogP contribution >= 0.6 is 13.3 Å². The molecule has 23 heavy (non-hydrogen) atoms. The van der Waals surface area contributed by atoms with Gasteiger partial charge in [-0.25, -0.2) is 9.59 Å². The number of nitrogens with one attached hydrogen (secondary N) is 2. The van der Waals surface area contributed by atoms with E-state index in [0.29, 0.717) is 0 Å². The molecule has 0 radical (unpaired) electrons. The largest absolute Gasteiger partial charge is 0.453 e. The molecule has 0 bridgehead atoms. The van der Waals surface area contributed by atoms with Crippen molar-refractivity contribution >= 4 is 49.1 Å². The fraction of sp³-hybridized carbons (Fsp3) is 0.778. The van der Waals surface area contributed by atoms with Crippen LogP contribution in [0.15, 0.2) is 0 Å². The van der Waals surface area contributed by atoms with Gasteiger partial charge in [0.25, 0.3) is 13.3 Å². The molecular weight excluding hydrogens is 390 g/mol. The third kappa shape index (κ3) is 4.83. The lowest BCUT2D eigenvalue weighted by atomic mass is 9.93. The molecule has 2 aliphatic rings. The highest BCUT2D eigenvalue weighted by atomic mass is 32.5. The Morgan fingerprint density at radius 2 is 1.17 bits per heavy atom. The van der Waals surface area contributed by atoms with E-state index in [9.17, 15) is 9.59 Å². The van der Waals surface area contributed by atoms with Gasteiger partial charge in [0.1, 0.15) is 0 Å². The van der Waals surface area contributed by atoms with E-state index in [1.165, 1.54) is 14.2 Å². The molecule has 0 atom stereocenters. The van der Waals surface area contributed by atoms with Gasteiger partial charge in [-0.2, -0.15) is 0 Å². The number of methoxy groups -OCH3 is 2. The van der Waals surface area contributed by atoms with Crippen LogP contribution in [0.5, 0.6) is 0 Å². The summed E-state index contributed by atoms with van der Waals surface area (Å²) in [5.41, 5.74) is -0.611. The van der Waals surface area contributed by atoms with Crippen LogP contribution in [0.1, 0.15) is 0 Å². The molecule has 1 spiro atoms. The molecule has 0 aromatic rings. The number of amides is 2. The van der Waals surface area contributed by atoms with Gasteiger partial charge in [0, 0.05) is 0 Å². The SMILES string of the molecule is COC(=O)NP1(=S)OCC2(CO1)COP(=S)(NC(=O)OC)OC2. The highest BCUT2D eigenvalue weighted by Gasteiger charge is 2.47. The maximum Gasteiger partial charge on any atom is 0.414 e. The number of ether oxygens (including phenoxy) is 2. The number of hydrogen-bond donors (Lipinski definition) is 2. The first-order valence-electron chi connectivity index (χ1n) is 6.24. The minimum absolute atomic E-state index is 0.155. The summed E-state index contributed by atoms with van der Waals surface area (Å²) in [6.07, 6.45) is -1.45. The molecule has 2 amide bonds. The van der Waals surface area contributed by atoms with Crippen molar-refractivity contribution in [1.82, 2.24) is 10.2 Å². The van der Waals surface area contributed by atoms with E-state index in [0.717, 1.165) is 0 Å². The van der Waals surface area contributed by atoms with Crippen molar-refractivity contribution in [3.05, 3.63) is 0 Å². The van der Waals surface area contributed by atoms with E-state index in [4.69, 9.17) is 41.7 Å². The second-order valence-electron chi connectivity index (χ2n) is 4.80. The highest BCUT2D eigenvalue weighted by molar-refractivity contribution is 8.09. The average Bonchev–Trinajstić information content (AvgIpc) is 2.53. The van der Waals surface area contributed by atoms with E-state index < -0.39 is 30.9 Å². The van der Waals surface area contributed by atoms with Crippen molar-refractivity contribution < 1.29 is 37.2 Å². The standard InChI is InChI=1S/C9H16N2O8P2S2/c1-14-7(12)10-20(22)16-3-9(4-17-20)5-18-21(23,19-6-9)11-8(13)15-2/h3-6H2,1-2H3,(H,10,12,22)(H,11,13,23). The fourth-order valence-electron chi connectivity index (χ4n) is 1.66. The van der Waals surface area contributed by atoms with Gasteiger partial charge in [0.05, 0.1) is 46.1 Å². The molecule has 2 saturated heterocycles. The Labute approximate surface area is 142 Å². The molecule has 14 heteroatoms. The summed E-state index contributed by atoms with van der Waals surface area (Å²) in [5, 5.41) is 4.74. The Morgan fingerprint density at radius 3 is 1.43 bits per heavy atom. The molecule has 132 valence electrons. The molecule has 0 aliphatic carbocycles. The van der Waals surface area contributed by atoms with Crippen LogP contribution in [0.2, 0.25) is 0 Å². The molecule has 2 fully saturated rings. The molecule has 0 unspecified atom stereocenters. The summed E-state index contributed by atoms with van der Waals surface area (Å²) in [4.78, 5) is 22.5. The Balaban J connectivity index is 1.91. The van der Waals surface area contributed by atoms with E-state index in [1.807, 2.05) is 0 Å². The van der Waals surface area contributed by atoms with Crippen LogP contribution in [0.3, 0.4) is 0 Å².